The van der Waals surface area contributed by atoms with Gasteiger partial charge in [-0.2, -0.15) is 0 Å². The van der Waals surface area contributed by atoms with Crippen molar-refractivity contribution in [2.24, 2.45) is 0 Å². The molecule has 2 N–H and O–H groups in total. The Balaban J connectivity index is 1.75. The van der Waals surface area contributed by atoms with Crippen molar-refractivity contribution in [3.05, 3.63) is 73.7 Å². The molecule has 2 aromatic carbocycles. The molecular formula is C25H25N5O3. The van der Waals surface area contributed by atoms with E-state index in [1.807, 2.05) is 59.3 Å². The molecule has 33 heavy (non-hydrogen) atoms. The number of methoxy groups -OCH3 is 2. The molecule has 0 bridgehead atoms. The van der Waals surface area contributed by atoms with Crippen LogP contribution in [0.4, 0.5) is 11.5 Å². The second-order valence-electron chi connectivity index (χ2n) is 7.29. The zero-order valence-electron chi connectivity index (χ0n) is 18.6. The lowest BCUT2D eigenvalue weighted by molar-refractivity contribution is -0.114. The highest BCUT2D eigenvalue weighted by molar-refractivity contribution is 6.02. The van der Waals surface area contributed by atoms with Crippen LogP contribution in [0.2, 0.25) is 0 Å². The van der Waals surface area contributed by atoms with Crippen LogP contribution in [-0.4, -0.2) is 41.2 Å². The number of amides is 1. The highest BCUT2D eigenvalue weighted by Crippen LogP contribution is 2.37. The van der Waals surface area contributed by atoms with Crippen molar-refractivity contribution in [3.8, 4) is 22.6 Å². The Kier molecular flexibility index (Phi) is 6.26. The zero-order chi connectivity index (χ0) is 23.4. The Labute approximate surface area is 191 Å². The van der Waals surface area contributed by atoms with Crippen LogP contribution in [-0.2, 0) is 11.3 Å². The molecule has 2 aromatic heterocycles. The van der Waals surface area contributed by atoms with E-state index in [4.69, 9.17) is 15.2 Å². The number of rotatable bonds is 8. The van der Waals surface area contributed by atoms with Gasteiger partial charge in [-0.3, -0.25) is 4.79 Å². The normalized spacial score (nSPS) is 10.7. The summed E-state index contributed by atoms with van der Waals surface area (Å²) in [5.41, 5.74) is 9.49. The molecule has 0 saturated heterocycles. The van der Waals surface area contributed by atoms with Crippen LogP contribution in [0, 0.1) is 0 Å². The molecule has 0 spiro atoms. The molecule has 0 aliphatic carbocycles. The van der Waals surface area contributed by atoms with Gasteiger partial charge in [-0.15, -0.1) is 0 Å². The van der Waals surface area contributed by atoms with E-state index in [0.717, 1.165) is 22.2 Å². The molecule has 168 valence electrons. The maximum Gasteiger partial charge on any atom is 0.250 e. The summed E-state index contributed by atoms with van der Waals surface area (Å²) >= 11 is 0. The van der Waals surface area contributed by atoms with E-state index < -0.39 is 0 Å². The number of aromatic nitrogens is 3. The number of nitrogens with zero attached hydrogens (tertiary/aromatic N) is 4. The summed E-state index contributed by atoms with van der Waals surface area (Å²) in [6.45, 7) is 4.56. The monoisotopic (exact) mass is 443 g/mol. The van der Waals surface area contributed by atoms with Gasteiger partial charge in [0.25, 0.3) is 0 Å². The Bertz CT molecular complexity index is 1300. The third-order valence-electron chi connectivity index (χ3n) is 5.45. The summed E-state index contributed by atoms with van der Waals surface area (Å²) in [4.78, 5) is 22.9. The number of para-hydroxylation sites is 1. The van der Waals surface area contributed by atoms with Crippen LogP contribution in [0.25, 0.3) is 22.2 Å². The Morgan fingerprint density at radius 3 is 2.58 bits per heavy atom. The van der Waals surface area contributed by atoms with Crippen LogP contribution in [0.1, 0.15) is 0 Å². The molecule has 0 saturated carbocycles. The van der Waals surface area contributed by atoms with Gasteiger partial charge in [-0.05, 0) is 35.9 Å². The summed E-state index contributed by atoms with van der Waals surface area (Å²) in [7, 11) is 3.19. The third-order valence-corrected chi connectivity index (χ3v) is 5.45. The molecule has 0 atom stereocenters. The number of carbonyl (C=O) groups is 1. The molecule has 8 nitrogen and oxygen atoms in total. The molecule has 4 rings (SSSR count). The minimum atomic E-state index is -0.174. The number of hydrogen-bond donors (Lipinski definition) is 1. The quantitative estimate of drug-likeness (QED) is 0.415. The lowest BCUT2D eigenvalue weighted by Crippen LogP contribution is -2.32. The van der Waals surface area contributed by atoms with Crippen LogP contribution in [0.5, 0.6) is 11.5 Å². The van der Waals surface area contributed by atoms with Crippen molar-refractivity contribution in [2.45, 2.75) is 6.54 Å². The first-order valence-corrected chi connectivity index (χ1v) is 10.4. The fourth-order valence-corrected chi connectivity index (χ4v) is 3.83. The predicted octanol–water partition coefficient (Wildman–Crippen LogP) is 3.92. The largest absolute Gasteiger partial charge is 0.493 e. The van der Waals surface area contributed by atoms with Crippen molar-refractivity contribution in [2.75, 3.05) is 31.4 Å². The van der Waals surface area contributed by atoms with Crippen molar-refractivity contribution in [1.82, 2.24) is 14.5 Å². The van der Waals surface area contributed by atoms with E-state index in [2.05, 4.69) is 16.5 Å². The minimum absolute atomic E-state index is 0.174. The highest BCUT2D eigenvalue weighted by atomic mass is 16.5. The van der Waals surface area contributed by atoms with Gasteiger partial charge in [-0.25, -0.2) is 9.97 Å². The predicted molar refractivity (Wildman–Crippen MR) is 129 cm³/mol. The van der Waals surface area contributed by atoms with E-state index in [-0.39, 0.29) is 5.91 Å². The summed E-state index contributed by atoms with van der Waals surface area (Å²) in [5.74, 6) is 1.45. The number of nitrogens with two attached hydrogens (primary N) is 1. The summed E-state index contributed by atoms with van der Waals surface area (Å²) < 4.78 is 12.8. The molecule has 4 aromatic rings. The number of nitrogen functional groups attached to an aromatic ring is 1. The fraction of sp³-hybridized carbons (Fsp3) is 0.160. The van der Waals surface area contributed by atoms with Gasteiger partial charge in [-0.1, -0.05) is 30.8 Å². The van der Waals surface area contributed by atoms with Crippen LogP contribution in [0.15, 0.2) is 73.7 Å². The van der Waals surface area contributed by atoms with E-state index in [9.17, 15) is 4.79 Å². The molecule has 0 aliphatic heterocycles. The van der Waals surface area contributed by atoms with Crippen molar-refractivity contribution >= 4 is 28.4 Å². The topological polar surface area (TPSA) is 95.5 Å². The molecule has 1 amide bonds. The van der Waals surface area contributed by atoms with E-state index in [1.165, 1.54) is 12.4 Å². The molecular weight excluding hydrogens is 418 g/mol. The van der Waals surface area contributed by atoms with Gasteiger partial charge in [0.15, 0.2) is 11.5 Å². The molecule has 8 heteroatoms. The standard InChI is InChI=1S/C25H25N5O3/c1-4-22(31)30(18-8-6-5-7-9-18)13-12-29-15-19(23-24(26)27-16-28-25(23)29)17-10-11-20(32-2)21(14-17)33-3/h4-11,14-16H,1,12-13H2,2-3H3,(H2,26,27,28). The van der Waals surface area contributed by atoms with Crippen LogP contribution in [0.3, 0.4) is 0 Å². The second kappa shape index (κ2) is 9.44. The SMILES string of the molecule is C=CC(=O)N(CCn1cc(-c2ccc(OC)c(OC)c2)c2c(N)ncnc21)c1ccccc1. The Morgan fingerprint density at radius 2 is 1.88 bits per heavy atom. The fourth-order valence-electron chi connectivity index (χ4n) is 3.83. The van der Waals surface area contributed by atoms with Crippen molar-refractivity contribution < 1.29 is 14.3 Å². The van der Waals surface area contributed by atoms with Crippen LogP contribution >= 0.6 is 0 Å². The first-order chi connectivity index (χ1) is 16.1. The average Bonchev–Trinajstić information content (AvgIpc) is 3.24. The van der Waals surface area contributed by atoms with Gasteiger partial charge in [0.2, 0.25) is 5.91 Å². The van der Waals surface area contributed by atoms with Gasteiger partial charge >= 0.3 is 0 Å². The molecule has 2 heterocycles. The first-order valence-electron chi connectivity index (χ1n) is 10.4. The summed E-state index contributed by atoms with van der Waals surface area (Å²) in [6.07, 6.45) is 4.73. The minimum Gasteiger partial charge on any atom is -0.493 e. The first kappa shape index (κ1) is 21.9. The van der Waals surface area contributed by atoms with E-state index in [0.29, 0.717) is 36.1 Å². The zero-order valence-corrected chi connectivity index (χ0v) is 18.6. The van der Waals surface area contributed by atoms with Crippen LogP contribution < -0.4 is 20.1 Å². The number of anilines is 2. The number of hydrogen-bond acceptors (Lipinski definition) is 6. The summed E-state index contributed by atoms with van der Waals surface area (Å²) in [5, 5.41) is 0.742. The number of fused-ring (bicyclic) bond motifs is 1. The van der Waals surface area contributed by atoms with Crippen molar-refractivity contribution in [1.29, 1.82) is 0 Å². The highest BCUT2D eigenvalue weighted by Gasteiger charge is 2.18. The lowest BCUT2D eigenvalue weighted by Gasteiger charge is -2.21. The maximum absolute atomic E-state index is 12.5. The Hall–Kier alpha value is -4.33. The number of ether oxygens (including phenoxy) is 2. The van der Waals surface area contributed by atoms with Gasteiger partial charge in [0, 0.05) is 30.5 Å². The second-order valence-corrected chi connectivity index (χ2v) is 7.29. The van der Waals surface area contributed by atoms with E-state index >= 15 is 0 Å². The molecule has 0 fully saturated rings. The average molecular weight is 444 g/mol. The maximum atomic E-state index is 12.5. The van der Waals surface area contributed by atoms with Gasteiger partial charge < -0.3 is 24.7 Å². The summed E-state index contributed by atoms with van der Waals surface area (Å²) in [6, 6.07) is 15.2. The smallest absolute Gasteiger partial charge is 0.250 e. The Morgan fingerprint density at radius 1 is 1.12 bits per heavy atom. The van der Waals surface area contributed by atoms with Gasteiger partial charge in [0.1, 0.15) is 17.8 Å². The lowest BCUT2D eigenvalue weighted by atomic mass is 10.1. The molecule has 0 aliphatic rings. The number of carbonyl (C=O) groups excluding carboxylic acids is 1. The van der Waals surface area contributed by atoms with E-state index in [1.54, 1.807) is 19.1 Å². The van der Waals surface area contributed by atoms with Crippen molar-refractivity contribution in [3.63, 3.8) is 0 Å². The molecule has 0 unspecified atom stereocenters. The van der Waals surface area contributed by atoms with Gasteiger partial charge in [0.05, 0.1) is 19.6 Å². The molecule has 0 radical (unpaired) electrons. The third kappa shape index (κ3) is 4.23. The number of benzene rings is 2.